The predicted octanol–water partition coefficient (Wildman–Crippen LogP) is 2.54. The van der Waals surface area contributed by atoms with E-state index in [1.165, 1.54) is 12.8 Å². The topological polar surface area (TPSA) is 50.8 Å². The van der Waals surface area contributed by atoms with Crippen molar-refractivity contribution in [2.24, 2.45) is 0 Å². The molecule has 0 unspecified atom stereocenters. The number of ether oxygens (including phenoxy) is 2. The van der Waals surface area contributed by atoms with E-state index in [9.17, 15) is 4.79 Å². The van der Waals surface area contributed by atoms with Crippen LogP contribution in [0, 0.1) is 0 Å². The van der Waals surface area contributed by atoms with Crippen LogP contribution in [-0.2, 0) is 4.79 Å². The molecule has 3 rings (SSSR count). The molecule has 24 heavy (non-hydrogen) atoms. The number of carbonyl (C=O) groups excluding carboxylic acids is 1. The van der Waals surface area contributed by atoms with E-state index in [4.69, 9.17) is 9.47 Å². The van der Waals surface area contributed by atoms with Gasteiger partial charge in [-0.25, -0.2) is 0 Å². The van der Waals surface area contributed by atoms with Crippen molar-refractivity contribution in [1.29, 1.82) is 0 Å². The van der Waals surface area contributed by atoms with Gasteiger partial charge >= 0.3 is 0 Å². The van der Waals surface area contributed by atoms with Crippen LogP contribution in [0.3, 0.4) is 0 Å². The zero-order chi connectivity index (χ0) is 16.8. The second kappa shape index (κ2) is 8.62. The van der Waals surface area contributed by atoms with Gasteiger partial charge in [0.1, 0.15) is 13.2 Å². The van der Waals surface area contributed by atoms with Crippen LogP contribution in [0.25, 0.3) is 0 Å². The first kappa shape index (κ1) is 17.4. The van der Waals surface area contributed by atoms with E-state index in [2.05, 4.69) is 17.1 Å². The van der Waals surface area contributed by atoms with Crippen molar-refractivity contribution in [2.45, 2.75) is 37.1 Å². The lowest BCUT2D eigenvalue weighted by Crippen LogP contribution is -2.40. The summed E-state index contributed by atoms with van der Waals surface area (Å²) in [7, 11) is 0. The number of nitrogens with one attached hydrogen (secondary N) is 1. The standard InChI is InChI=1S/C18H26N2O3S/c1-2-20-8-3-4-14(20)13-19-18(21)7-11-24-15-5-6-16-17(12-15)23-10-9-22-16/h5-6,12,14H,2-4,7-11,13H2,1H3,(H,19,21)/t14-/m1/s1. The summed E-state index contributed by atoms with van der Waals surface area (Å²) >= 11 is 1.68. The Balaban J connectivity index is 1.37. The minimum Gasteiger partial charge on any atom is -0.486 e. The normalized spacial score (nSPS) is 20.1. The highest BCUT2D eigenvalue weighted by molar-refractivity contribution is 7.99. The van der Waals surface area contributed by atoms with E-state index in [-0.39, 0.29) is 5.91 Å². The molecule has 6 heteroatoms. The third-order valence-corrected chi connectivity index (χ3v) is 5.55. The van der Waals surface area contributed by atoms with E-state index in [1.54, 1.807) is 11.8 Å². The van der Waals surface area contributed by atoms with Crippen molar-refractivity contribution in [3.05, 3.63) is 18.2 Å². The summed E-state index contributed by atoms with van der Waals surface area (Å²) in [5.41, 5.74) is 0. The van der Waals surface area contributed by atoms with Crippen LogP contribution in [0.15, 0.2) is 23.1 Å². The lowest BCUT2D eigenvalue weighted by Gasteiger charge is -2.22. The fraction of sp³-hybridized carbons (Fsp3) is 0.611. The number of thioether (sulfide) groups is 1. The van der Waals surface area contributed by atoms with Crippen molar-refractivity contribution in [3.63, 3.8) is 0 Å². The maximum Gasteiger partial charge on any atom is 0.220 e. The quantitative estimate of drug-likeness (QED) is 0.766. The number of rotatable bonds is 7. The van der Waals surface area contributed by atoms with Crippen molar-refractivity contribution >= 4 is 17.7 Å². The second-order valence-electron chi connectivity index (χ2n) is 6.13. The van der Waals surface area contributed by atoms with Crippen molar-refractivity contribution in [2.75, 3.05) is 38.6 Å². The van der Waals surface area contributed by atoms with Crippen LogP contribution >= 0.6 is 11.8 Å². The van der Waals surface area contributed by atoms with Gasteiger partial charge < -0.3 is 14.8 Å². The SMILES string of the molecule is CCN1CCC[C@@H]1CNC(=O)CCSc1ccc2c(c1)OCCO2. The van der Waals surface area contributed by atoms with Crippen molar-refractivity contribution in [3.8, 4) is 11.5 Å². The largest absolute Gasteiger partial charge is 0.486 e. The van der Waals surface area contributed by atoms with Gasteiger partial charge in [-0.2, -0.15) is 0 Å². The number of likely N-dealkylation sites (tertiary alicyclic amines) is 1. The lowest BCUT2D eigenvalue weighted by molar-refractivity contribution is -0.120. The summed E-state index contributed by atoms with van der Waals surface area (Å²) in [5, 5.41) is 3.09. The monoisotopic (exact) mass is 350 g/mol. The number of hydrogen-bond acceptors (Lipinski definition) is 5. The summed E-state index contributed by atoms with van der Waals surface area (Å²) in [6, 6.07) is 6.48. The molecule has 1 saturated heterocycles. The lowest BCUT2D eigenvalue weighted by atomic mass is 10.2. The molecule has 5 nitrogen and oxygen atoms in total. The molecule has 0 bridgehead atoms. The van der Waals surface area contributed by atoms with Gasteiger partial charge in [-0.1, -0.05) is 6.92 Å². The van der Waals surface area contributed by atoms with Crippen LogP contribution in [0.1, 0.15) is 26.2 Å². The molecular formula is C18H26N2O3S. The van der Waals surface area contributed by atoms with Crippen molar-refractivity contribution in [1.82, 2.24) is 10.2 Å². The molecule has 0 aromatic heterocycles. The molecule has 0 saturated carbocycles. The molecule has 0 aliphatic carbocycles. The Morgan fingerprint density at radius 2 is 2.17 bits per heavy atom. The van der Waals surface area contributed by atoms with E-state index in [0.717, 1.165) is 41.8 Å². The summed E-state index contributed by atoms with van der Waals surface area (Å²) in [6.45, 7) is 6.40. The fourth-order valence-electron chi connectivity index (χ4n) is 3.24. The highest BCUT2D eigenvalue weighted by Crippen LogP contribution is 2.34. The molecule has 1 N–H and O–H groups in total. The van der Waals surface area contributed by atoms with Gasteiger partial charge in [0.2, 0.25) is 5.91 Å². The van der Waals surface area contributed by atoms with Gasteiger partial charge in [-0.15, -0.1) is 11.8 Å². The van der Waals surface area contributed by atoms with Gasteiger partial charge in [-0.05, 0) is 44.1 Å². The zero-order valence-electron chi connectivity index (χ0n) is 14.3. The van der Waals surface area contributed by atoms with Crippen LogP contribution in [0.5, 0.6) is 11.5 Å². The highest BCUT2D eigenvalue weighted by Gasteiger charge is 2.23. The molecule has 1 aromatic rings. The summed E-state index contributed by atoms with van der Waals surface area (Å²) in [4.78, 5) is 15.6. The average molecular weight is 350 g/mol. The number of likely N-dealkylation sites (N-methyl/N-ethyl adjacent to an activating group) is 1. The Hall–Kier alpha value is -1.40. The number of carbonyl (C=O) groups is 1. The molecule has 0 radical (unpaired) electrons. The molecule has 2 heterocycles. The number of nitrogens with zero attached hydrogens (tertiary/aromatic N) is 1. The number of hydrogen-bond donors (Lipinski definition) is 1. The van der Waals surface area contributed by atoms with Crippen LogP contribution < -0.4 is 14.8 Å². The summed E-state index contributed by atoms with van der Waals surface area (Å²) in [5.74, 6) is 2.52. The van der Waals surface area contributed by atoms with E-state index >= 15 is 0 Å². The Bertz CT molecular complexity index is 567. The van der Waals surface area contributed by atoms with Crippen LogP contribution in [0.2, 0.25) is 0 Å². The van der Waals surface area contributed by atoms with Gasteiger partial charge in [0.25, 0.3) is 0 Å². The molecule has 0 spiro atoms. The molecule has 1 fully saturated rings. The van der Waals surface area contributed by atoms with E-state index in [1.807, 2.05) is 18.2 Å². The molecule has 1 atom stereocenters. The fourth-order valence-corrected chi connectivity index (χ4v) is 4.12. The maximum absolute atomic E-state index is 12.0. The van der Waals surface area contributed by atoms with Gasteiger partial charge in [0.05, 0.1) is 0 Å². The Labute approximate surface area is 148 Å². The molecule has 1 aromatic carbocycles. The molecule has 132 valence electrons. The predicted molar refractivity (Wildman–Crippen MR) is 96.1 cm³/mol. The Kier molecular flexibility index (Phi) is 6.26. The Morgan fingerprint density at radius 3 is 3.00 bits per heavy atom. The second-order valence-corrected chi connectivity index (χ2v) is 7.30. The third-order valence-electron chi connectivity index (χ3n) is 4.55. The number of fused-ring (bicyclic) bond motifs is 1. The van der Waals surface area contributed by atoms with Crippen LogP contribution in [-0.4, -0.2) is 55.4 Å². The highest BCUT2D eigenvalue weighted by atomic mass is 32.2. The first-order chi connectivity index (χ1) is 11.8. The molecule has 1 amide bonds. The molecular weight excluding hydrogens is 324 g/mol. The third kappa shape index (κ3) is 4.57. The van der Waals surface area contributed by atoms with Crippen LogP contribution in [0.4, 0.5) is 0 Å². The summed E-state index contributed by atoms with van der Waals surface area (Å²) in [6.07, 6.45) is 2.98. The van der Waals surface area contributed by atoms with E-state index in [0.29, 0.717) is 25.7 Å². The first-order valence-corrected chi connectivity index (χ1v) is 9.78. The minimum atomic E-state index is 0.142. The minimum absolute atomic E-state index is 0.142. The van der Waals surface area contributed by atoms with E-state index < -0.39 is 0 Å². The van der Waals surface area contributed by atoms with Gasteiger partial charge in [-0.3, -0.25) is 9.69 Å². The Morgan fingerprint density at radius 1 is 1.33 bits per heavy atom. The van der Waals surface area contributed by atoms with Crippen molar-refractivity contribution < 1.29 is 14.3 Å². The molecule has 2 aliphatic heterocycles. The van der Waals surface area contributed by atoms with Gasteiger partial charge in [0.15, 0.2) is 11.5 Å². The summed E-state index contributed by atoms with van der Waals surface area (Å²) < 4.78 is 11.1. The maximum atomic E-state index is 12.0. The number of amides is 1. The number of benzene rings is 1. The molecule has 2 aliphatic rings. The first-order valence-electron chi connectivity index (χ1n) is 8.79. The zero-order valence-corrected chi connectivity index (χ0v) is 15.1. The van der Waals surface area contributed by atoms with Gasteiger partial charge in [0, 0.05) is 29.7 Å². The average Bonchev–Trinajstić information content (AvgIpc) is 3.07. The smallest absolute Gasteiger partial charge is 0.220 e.